The topological polar surface area (TPSA) is 155 Å². The fourth-order valence-electron chi connectivity index (χ4n) is 5.30. The molecule has 2 heterocycles. The SMILES string of the molecule is CC(=O)O[C@@H]1[C@H](C)O[C@@H](O[C@@H]2COCc3c(O)c4c(c(O)c32)C(=O)c2ccccc2C4=O)C[C@@H]1OC(C)=O. The van der Waals surface area contributed by atoms with Gasteiger partial charge in [-0.1, -0.05) is 24.3 Å². The van der Waals surface area contributed by atoms with Crippen LogP contribution in [0.25, 0.3) is 0 Å². The summed E-state index contributed by atoms with van der Waals surface area (Å²) in [5.41, 5.74) is -0.101. The molecule has 1 saturated heterocycles. The highest BCUT2D eigenvalue weighted by Crippen LogP contribution is 2.48. The summed E-state index contributed by atoms with van der Waals surface area (Å²) in [5, 5.41) is 22.4. The first-order valence-electron chi connectivity index (χ1n) is 12.1. The summed E-state index contributed by atoms with van der Waals surface area (Å²) in [5.74, 6) is -3.27. The highest BCUT2D eigenvalue weighted by Gasteiger charge is 2.44. The zero-order valence-corrected chi connectivity index (χ0v) is 20.9. The number of aromatic hydroxyl groups is 2. The van der Waals surface area contributed by atoms with Crippen LogP contribution in [0.1, 0.15) is 76.3 Å². The normalized spacial score (nSPS) is 26.1. The van der Waals surface area contributed by atoms with Gasteiger partial charge in [0.15, 0.2) is 24.0 Å². The highest BCUT2D eigenvalue weighted by atomic mass is 16.7. The van der Waals surface area contributed by atoms with E-state index in [-0.39, 0.29) is 53.0 Å². The minimum Gasteiger partial charge on any atom is -0.507 e. The van der Waals surface area contributed by atoms with Gasteiger partial charge in [0.05, 0.1) is 30.4 Å². The fourth-order valence-corrected chi connectivity index (χ4v) is 5.30. The summed E-state index contributed by atoms with van der Waals surface area (Å²) >= 11 is 0. The molecule has 0 amide bonds. The van der Waals surface area contributed by atoms with Crippen LogP contribution in [0.5, 0.6) is 11.5 Å². The van der Waals surface area contributed by atoms with Crippen LogP contribution >= 0.6 is 0 Å². The summed E-state index contributed by atoms with van der Waals surface area (Å²) < 4.78 is 28.2. The lowest BCUT2D eigenvalue weighted by atomic mass is 9.79. The molecule has 2 aromatic rings. The van der Waals surface area contributed by atoms with Gasteiger partial charge in [0.1, 0.15) is 23.7 Å². The average Bonchev–Trinajstić information content (AvgIpc) is 2.86. The van der Waals surface area contributed by atoms with Gasteiger partial charge in [0.25, 0.3) is 0 Å². The number of fused-ring (bicyclic) bond motifs is 3. The molecule has 3 aliphatic rings. The van der Waals surface area contributed by atoms with Crippen molar-refractivity contribution in [3.63, 3.8) is 0 Å². The van der Waals surface area contributed by atoms with E-state index in [2.05, 4.69) is 0 Å². The molecule has 1 fully saturated rings. The van der Waals surface area contributed by atoms with Gasteiger partial charge in [-0.15, -0.1) is 0 Å². The van der Waals surface area contributed by atoms with Gasteiger partial charge in [-0.2, -0.15) is 0 Å². The number of hydrogen-bond donors (Lipinski definition) is 2. The number of rotatable bonds is 4. The van der Waals surface area contributed by atoms with Crippen LogP contribution in [-0.2, 0) is 39.9 Å². The van der Waals surface area contributed by atoms with Crippen molar-refractivity contribution in [1.29, 1.82) is 0 Å². The molecular formula is C27H26O11. The molecule has 0 spiro atoms. The molecule has 2 N–H and O–H groups in total. The average molecular weight is 526 g/mol. The molecule has 200 valence electrons. The van der Waals surface area contributed by atoms with Gasteiger partial charge >= 0.3 is 11.9 Å². The van der Waals surface area contributed by atoms with Crippen molar-refractivity contribution in [2.45, 2.75) is 64.5 Å². The minimum absolute atomic E-state index is 0.00379. The zero-order valence-electron chi connectivity index (χ0n) is 20.9. The van der Waals surface area contributed by atoms with Crippen molar-refractivity contribution >= 4 is 23.5 Å². The number of ether oxygens (including phenoxy) is 5. The number of phenolic OH excluding ortho intramolecular Hbond substituents is 2. The zero-order chi connectivity index (χ0) is 27.3. The Hall–Kier alpha value is -3.80. The predicted molar refractivity (Wildman–Crippen MR) is 127 cm³/mol. The Morgan fingerprint density at radius 3 is 2.16 bits per heavy atom. The number of hydrogen-bond acceptors (Lipinski definition) is 11. The van der Waals surface area contributed by atoms with E-state index in [0.717, 1.165) is 0 Å². The Morgan fingerprint density at radius 1 is 0.947 bits per heavy atom. The standard InChI is InChI=1S/C27H26O11/c1-11-27(37-13(3)29)17(36-12(2)28)8-19(35-11)38-18-10-34-9-16-20(18)26(33)22-21(25(16)32)23(30)14-6-4-5-7-15(14)24(22)31/h4-7,11,17-19,27,32-33H,8-10H2,1-3H3/t11-,17-,18+,19-,27+/m0/s1. The third-order valence-corrected chi connectivity index (χ3v) is 6.85. The number of ketones is 2. The third kappa shape index (κ3) is 4.32. The molecular weight excluding hydrogens is 500 g/mol. The van der Waals surface area contributed by atoms with E-state index >= 15 is 0 Å². The second-order valence-corrected chi connectivity index (χ2v) is 9.41. The summed E-state index contributed by atoms with van der Waals surface area (Å²) in [7, 11) is 0. The number of esters is 2. The van der Waals surface area contributed by atoms with Crippen molar-refractivity contribution in [2.24, 2.45) is 0 Å². The monoisotopic (exact) mass is 526 g/mol. The van der Waals surface area contributed by atoms with E-state index < -0.39 is 65.7 Å². The molecule has 0 aromatic heterocycles. The number of benzene rings is 2. The summed E-state index contributed by atoms with van der Waals surface area (Å²) in [6, 6.07) is 6.18. The molecule has 11 heteroatoms. The largest absolute Gasteiger partial charge is 0.507 e. The number of phenols is 2. The van der Waals surface area contributed by atoms with Gasteiger partial charge in [-0.3, -0.25) is 19.2 Å². The lowest BCUT2D eigenvalue weighted by Crippen LogP contribution is -2.51. The maximum Gasteiger partial charge on any atom is 0.303 e. The van der Waals surface area contributed by atoms with E-state index in [1.807, 2.05) is 0 Å². The van der Waals surface area contributed by atoms with Gasteiger partial charge in [-0.05, 0) is 6.92 Å². The maximum absolute atomic E-state index is 13.3. The van der Waals surface area contributed by atoms with E-state index in [1.165, 1.54) is 26.0 Å². The number of carbonyl (C=O) groups excluding carboxylic acids is 4. The van der Waals surface area contributed by atoms with E-state index in [1.54, 1.807) is 19.1 Å². The van der Waals surface area contributed by atoms with E-state index in [4.69, 9.17) is 23.7 Å². The Kier molecular flexibility index (Phi) is 6.68. The Bertz CT molecular complexity index is 1350. The summed E-state index contributed by atoms with van der Waals surface area (Å²) in [6.45, 7) is 3.91. The van der Waals surface area contributed by atoms with Crippen LogP contribution in [-0.4, -0.2) is 64.9 Å². The van der Waals surface area contributed by atoms with Gasteiger partial charge < -0.3 is 33.9 Å². The lowest BCUT2D eigenvalue weighted by molar-refractivity contribution is -0.273. The van der Waals surface area contributed by atoms with Crippen molar-refractivity contribution in [1.82, 2.24) is 0 Å². The molecule has 38 heavy (non-hydrogen) atoms. The maximum atomic E-state index is 13.3. The fraction of sp³-hybridized carbons (Fsp3) is 0.407. The predicted octanol–water partition coefficient (Wildman–Crippen LogP) is 2.46. The first-order chi connectivity index (χ1) is 18.1. The van der Waals surface area contributed by atoms with Crippen molar-refractivity contribution < 1.29 is 53.1 Å². The van der Waals surface area contributed by atoms with Gasteiger partial charge in [-0.25, -0.2) is 0 Å². The molecule has 5 atom stereocenters. The molecule has 5 rings (SSSR count). The first-order valence-corrected chi connectivity index (χ1v) is 12.1. The van der Waals surface area contributed by atoms with Crippen LogP contribution < -0.4 is 0 Å². The highest BCUT2D eigenvalue weighted by molar-refractivity contribution is 6.30. The van der Waals surface area contributed by atoms with Crippen LogP contribution in [0.3, 0.4) is 0 Å². The Labute approximate surface area is 217 Å². The van der Waals surface area contributed by atoms with Crippen LogP contribution in [0.2, 0.25) is 0 Å². The molecule has 11 nitrogen and oxygen atoms in total. The Morgan fingerprint density at radius 2 is 1.55 bits per heavy atom. The Balaban J connectivity index is 1.49. The first kappa shape index (κ1) is 25.8. The number of carbonyl (C=O) groups is 4. The van der Waals surface area contributed by atoms with Crippen LogP contribution in [0, 0.1) is 0 Å². The third-order valence-electron chi connectivity index (χ3n) is 6.85. The van der Waals surface area contributed by atoms with E-state index in [9.17, 15) is 29.4 Å². The quantitative estimate of drug-likeness (QED) is 0.380. The molecule has 2 aliphatic heterocycles. The minimum atomic E-state index is -1.00. The van der Waals surface area contributed by atoms with E-state index in [0.29, 0.717) is 0 Å². The van der Waals surface area contributed by atoms with Gasteiger partial charge in [0.2, 0.25) is 0 Å². The summed E-state index contributed by atoms with van der Waals surface area (Å²) in [6.07, 6.45) is -4.44. The molecule has 2 aromatic carbocycles. The second-order valence-electron chi connectivity index (χ2n) is 9.41. The van der Waals surface area contributed by atoms with Crippen LogP contribution in [0.15, 0.2) is 24.3 Å². The molecule has 0 radical (unpaired) electrons. The lowest BCUT2D eigenvalue weighted by Gasteiger charge is -2.40. The molecule has 0 saturated carbocycles. The van der Waals surface area contributed by atoms with Crippen molar-refractivity contribution in [3.8, 4) is 11.5 Å². The molecule has 1 aliphatic carbocycles. The second kappa shape index (κ2) is 9.82. The molecule has 0 bridgehead atoms. The summed E-state index contributed by atoms with van der Waals surface area (Å²) in [4.78, 5) is 49.8. The van der Waals surface area contributed by atoms with Crippen molar-refractivity contribution in [3.05, 3.63) is 57.6 Å². The molecule has 0 unspecified atom stereocenters. The van der Waals surface area contributed by atoms with Crippen LogP contribution in [0.4, 0.5) is 0 Å². The smallest absolute Gasteiger partial charge is 0.303 e. The van der Waals surface area contributed by atoms with Crippen molar-refractivity contribution in [2.75, 3.05) is 6.61 Å². The van der Waals surface area contributed by atoms with Gasteiger partial charge in [0, 0.05) is 42.5 Å².